The molecule has 6 nitrogen and oxygen atoms in total. The molecule has 0 amide bonds. The van der Waals surface area contributed by atoms with Crippen molar-refractivity contribution in [3.8, 4) is 5.69 Å². The highest BCUT2D eigenvalue weighted by Crippen LogP contribution is 2.23. The van der Waals surface area contributed by atoms with Crippen molar-refractivity contribution in [2.75, 3.05) is 7.05 Å². The van der Waals surface area contributed by atoms with Gasteiger partial charge in [0.1, 0.15) is 5.82 Å². The lowest BCUT2D eigenvalue weighted by Crippen LogP contribution is -2.44. The monoisotopic (exact) mass is 366 g/mol. The fraction of sp³-hybridized carbons (Fsp3) is 0.471. The van der Waals surface area contributed by atoms with Crippen molar-refractivity contribution in [3.05, 3.63) is 48.3 Å². The van der Waals surface area contributed by atoms with Crippen LogP contribution in [0, 0.1) is 5.82 Å². The Labute approximate surface area is 147 Å². The van der Waals surface area contributed by atoms with Crippen molar-refractivity contribution < 1.29 is 12.8 Å². The molecule has 1 aromatic carbocycles. The SMILES string of the molecule is CN(C1CCCCC1)S(=O)(=O)NCc1ccc(-n2ccnc2)c(F)c1. The van der Waals surface area contributed by atoms with E-state index >= 15 is 0 Å². The topological polar surface area (TPSA) is 67.2 Å². The number of aromatic nitrogens is 2. The van der Waals surface area contributed by atoms with Crippen LogP contribution in [0.5, 0.6) is 0 Å². The average Bonchev–Trinajstić information content (AvgIpc) is 3.14. The van der Waals surface area contributed by atoms with Gasteiger partial charge in [-0.3, -0.25) is 0 Å². The third-order valence-corrected chi connectivity index (χ3v) is 6.29. The molecule has 8 heteroatoms. The molecule has 2 aromatic rings. The van der Waals surface area contributed by atoms with Gasteiger partial charge in [0.2, 0.25) is 0 Å². The maximum absolute atomic E-state index is 14.2. The van der Waals surface area contributed by atoms with Gasteiger partial charge in [-0.15, -0.1) is 0 Å². The molecule has 0 saturated heterocycles. The summed E-state index contributed by atoms with van der Waals surface area (Å²) in [5.74, 6) is -0.421. The van der Waals surface area contributed by atoms with Crippen LogP contribution in [0.25, 0.3) is 5.69 Å². The molecular weight excluding hydrogens is 343 g/mol. The maximum Gasteiger partial charge on any atom is 0.279 e. The van der Waals surface area contributed by atoms with Crippen molar-refractivity contribution in [1.82, 2.24) is 18.6 Å². The number of rotatable bonds is 6. The van der Waals surface area contributed by atoms with Gasteiger partial charge in [0.25, 0.3) is 10.2 Å². The molecule has 1 aromatic heterocycles. The Kier molecular flexibility index (Phi) is 5.51. The predicted molar refractivity (Wildman–Crippen MR) is 93.9 cm³/mol. The summed E-state index contributed by atoms with van der Waals surface area (Å²) in [6.07, 6.45) is 9.82. The molecule has 1 heterocycles. The number of imidazole rings is 1. The van der Waals surface area contributed by atoms with E-state index in [-0.39, 0.29) is 12.6 Å². The summed E-state index contributed by atoms with van der Waals surface area (Å²) in [4.78, 5) is 3.89. The Bertz CT molecular complexity index is 802. The molecule has 25 heavy (non-hydrogen) atoms. The minimum absolute atomic E-state index is 0.0478. The van der Waals surface area contributed by atoms with Crippen molar-refractivity contribution >= 4 is 10.2 Å². The molecular formula is C17H23FN4O2S. The van der Waals surface area contributed by atoms with Gasteiger partial charge in [0.15, 0.2) is 0 Å². The van der Waals surface area contributed by atoms with Crippen molar-refractivity contribution in [2.24, 2.45) is 0 Å². The fourth-order valence-corrected chi connectivity index (χ4v) is 4.34. The second kappa shape index (κ2) is 7.63. The molecule has 1 N–H and O–H groups in total. The summed E-state index contributed by atoms with van der Waals surface area (Å²) in [6.45, 7) is 0.0561. The molecule has 0 unspecified atom stereocenters. The van der Waals surface area contributed by atoms with Gasteiger partial charge in [-0.1, -0.05) is 25.3 Å². The van der Waals surface area contributed by atoms with E-state index in [9.17, 15) is 12.8 Å². The van der Waals surface area contributed by atoms with Crippen LogP contribution in [0.1, 0.15) is 37.7 Å². The number of nitrogens with zero attached hydrogens (tertiary/aromatic N) is 3. The van der Waals surface area contributed by atoms with Crippen LogP contribution in [-0.4, -0.2) is 35.4 Å². The molecule has 3 rings (SSSR count). The first kappa shape index (κ1) is 18.0. The van der Waals surface area contributed by atoms with Crippen LogP contribution in [0.15, 0.2) is 36.9 Å². The first-order valence-corrected chi connectivity index (χ1v) is 9.91. The van der Waals surface area contributed by atoms with Crippen LogP contribution in [-0.2, 0) is 16.8 Å². The van der Waals surface area contributed by atoms with Gasteiger partial charge in [0, 0.05) is 32.0 Å². The van der Waals surface area contributed by atoms with Crippen molar-refractivity contribution in [1.29, 1.82) is 0 Å². The highest BCUT2D eigenvalue weighted by molar-refractivity contribution is 7.87. The number of benzene rings is 1. The van der Waals surface area contributed by atoms with E-state index in [1.54, 1.807) is 36.1 Å². The van der Waals surface area contributed by atoms with Crippen LogP contribution in [0.2, 0.25) is 0 Å². The highest BCUT2D eigenvalue weighted by Gasteiger charge is 2.27. The molecule has 0 atom stereocenters. The lowest BCUT2D eigenvalue weighted by Gasteiger charge is -2.30. The second-order valence-electron chi connectivity index (χ2n) is 6.39. The number of halogens is 1. The molecule has 1 aliphatic rings. The summed E-state index contributed by atoms with van der Waals surface area (Å²) in [5, 5.41) is 0. The van der Waals surface area contributed by atoms with E-state index in [0.717, 1.165) is 25.7 Å². The second-order valence-corrected chi connectivity index (χ2v) is 8.20. The van der Waals surface area contributed by atoms with Crippen LogP contribution >= 0.6 is 0 Å². The van der Waals surface area contributed by atoms with Crippen LogP contribution in [0.4, 0.5) is 4.39 Å². The molecule has 1 saturated carbocycles. The zero-order valence-electron chi connectivity index (χ0n) is 14.2. The summed E-state index contributed by atoms with van der Waals surface area (Å²) in [6, 6.07) is 4.72. The van der Waals surface area contributed by atoms with Crippen LogP contribution < -0.4 is 4.72 Å². The molecule has 1 aliphatic carbocycles. The largest absolute Gasteiger partial charge is 0.303 e. The van der Waals surface area contributed by atoms with E-state index in [2.05, 4.69) is 9.71 Å². The first-order chi connectivity index (χ1) is 12.0. The van der Waals surface area contributed by atoms with E-state index in [1.165, 1.54) is 23.1 Å². The molecule has 1 fully saturated rings. The molecule has 136 valence electrons. The Morgan fingerprint density at radius 3 is 2.72 bits per heavy atom. The minimum Gasteiger partial charge on any atom is -0.303 e. The Balaban J connectivity index is 1.65. The normalized spacial score (nSPS) is 16.4. The molecule has 0 spiro atoms. The predicted octanol–water partition coefficient (Wildman–Crippen LogP) is 2.61. The Morgan fingerprint density at radius 2 is 2.08 bits per heavy atom. The van der Waals surface area contributed by atoms with E-state index in [1.807, 2.05) is 0 Å². The van der Waals surface area contributed by atoms with E-state index in [0.29, 0.717) is 11.3 Å². The average molecular weight is 366 g/mol. The molecule has 0 radical (unpaired) electrons. The van der Waals surface area contributed by atoms with Gasteiger partial charge in [-0.25, -0.2) is 9.37 Å². The zero-order valence-corrected chi connectivity index (χ0v) is 15.0. The van der Waals surface area contributed by atoms with Crippen molar-refractivity contribution in [2.45, 2.75) is 44.7 Å². The minimum atomic E-state index is -3.58. The van der Waals surface area contributed by atoms with Crippen LogP contribution in [0.3, 0.4) is 0 Å². The number of hydrogen-bond donors (Lipinski definition) is 1. The molecule has 0 aliphatic heterocycles. The summed E-state index contributed by atoms with van der Waals surface area (Å²) < 4.78 is 44.7. The van der Waals surface area contributed by atoms with Gasteiger partial charge >= 0.3 is 0 Å². The molecule has 0 bridgehead atoms. The summed E-state index contributed by atoms with van der Waals surface area (Å²) >= 11 is 0. The number of hydrogen-bond acceptors (Lipinski definition) is 3. The first-order valence-electron chi connectivity index (χ1n) is 8.47. The summed E-state index contributed by atoms with van der Waals surface area (Å²) in [7, 11) is -1.97. The summed E-state index contributed by atoms with van der Waals surface area (Å²) in [5.41, 5.74) is 0.949. The third kappa shape index (κ3) is 4.26. The quantitative estimate of drug-likeness (QED) is 0.855. The number of nitrogens with one attached hydrogen (secondary N) is 1. The van der Waals surface area contributed by atoms with E-state index < -0.39 is 16.0 Å². The lowest BCUT2D eigenvalue weighted by molar-refractivity contribution is 0.283. The third-order valence-electron chi connectivity index (χ3n) is 4.72. The van der Waals surface area contributed by atoms with Gasteiger partial charge in [0.05, 0.1) is 12.0 Å². The van der Waals surface area contributed by atoms with Gasteiger partial charge < -0.3 is 4.57 Å². The lowest BCUT2D eigenvalue weighted by atomic mass is 9.96. The smallest absolute Gasteiger partial charge is 0.279 e. The fourth-order valence-electron chi connectivity index (χ4n) is 3.19. The van der Waals surface area contributed by atoms with Gasteiger partial charge in [-0.2, -0.15) is 17.4 Å². The standard InChI is InChI=1S/C17H23FN4O2S/c1-21(15-5-3-2-4-6-15)25(23,24)20-12-14-7-8-17(16(18)11-14)22-10-9-19-13-22/h7-11,13,15,20H,2-6,12H2,1H3. The van der Waals surface area contributed by atoms with Gasteiger partial charge in [-0.05, 0) is 30.5 Å². The van der Waals surface area contributed by atoms with E-state index in [4.69, 9.17) is 0 Å². The Hall–Kier alpha value is -1.77. The maximum atomic E-state index is 14.2. The van der Waals surface area contributed by atoms with Crippen molar-refractivity contribution in [3.63, 3.8) is 0 Å². The highest BCUT2D eigenvalue weighted by atomic mass is 32.2. The Morgan fingerprint density at radius 1 is 1.32 bits per heavy atom. The zero-order chi connectivity index (χ0) is 17.9.